The third-order valence-corrected chi connectivity index (χ3v) is 3.04. The zero-order valence-electron chi connectivity index (χ0n) is 10.1. The van der Waals surface area contributed by atoms with Crippen LogP contribution in [0.2, 0.25) is 0 Å². The van der Waals surface area contributed by atoms with Gasteiger partial charge in [0.15, 0.2) is 11.6 Å². The van der Waals surface area contributed by atoms with E-state index in [0.29, 0.717) is 6.04 Å². The summed E-state index contributed by atoms with van der Waals surface area (Å²) in [7, 11) is 1.90. The molecule has 2 unspecified atom stereocenters. The summed E-state index contributed by atoms with van der Waals surface area (Å²) in [6.45, 7) is 4.14. The molecular weight excluding hydrogens is 208 g/mol. The van der Waals surface area contributed by atoms with E-state index in [9.17, 15) is 8.78 Å². The predicted octanol–water partition coefficient (Wildman–Crippen LogP) is 3.46. The predicted molar refractivity (Wildman–Crippen MR) is 62.5 cm³/mol. The number of halogens is 2. The Morgan fingerprint density at radius 1 is 1.25 bits per heavy atom. The highest BCUT2D eigenvalue weighted by atomic mass is 19.2. The molecule has 0 heterocycles. The van der Waals surface area contributed by atoms with E-state index in [1.54, 1.807) is 6.07 Å². The number of likely N-dealkylation sites (N-methyl/N-ethyl adjacent to an activating group) is 1. The minimum Gasteiger partial charge on any atom is -0.316 e. The third-order valence-electron chi connectivity index (χ3n) is 3.04. The molecule has 0 saturated carbocycles. The molecule has 1 aromatic carbocycles. The highest BCUT2D eigenvalue weighted by Crippen LogP contribution is 2.23. The summed E-state index contributed by atoms with van der Waals surface area (Å²) < 4.78 is 25.9. The molecule has 3 heteroatoms. The van der Waals surface area contributed by atoms with E-state index in [0.717, 1.165) is 18.4 Å². The molecule has 0 saturated heterocycles. The van der Waals surface area contributed by atoms with Crippen LogP contribution in [0.25, 0.3) is 0 Å². The number of rotatable bonds is 5. The van der Waals surface area contributed by atoms with Crippen LogP contribution >= 0.6 is 0 Å². The van der Waals surface area contributed by atoms with E-state index in [4.69, 9.17) is 0 Å². The van der Waals surface area contributed by atoms with E-state index in [-0.39, 0.29) is 5.92 Å². The molecular formula is C13H19F2N. The lowest BCUT2D eigenvalue weighted by atomic mass is 9.90. The zero-order valence-corrected chi connectivity index (χ0v) is 10.1. The Morgan fingerprint density at radius 2 is 1.94 bits per heavy atom. The molecule has 1 rings (SSSR count). The van der Waals surface area contributed by atoms with Crippen molar-refractivity contribution in [2.24, 2.45) is 0 Å². The molecule has 0 bridgehead atoms. The van der Waals surface area contributed by atoms with E-state index in [1.165, 1.54) is 12.1 Å². The van der Waals surface area contributed by atoms with Crippen molar-refractivity contribution in [1.29, 1.82) is 0 Å². The highest BCUT2D eigenvalue weighted by molar-refractivity contribution is 5.22. The second kappa shape index (κ2) is 5.94. The van der Waals surface area contributed by atoms with Crippen LogP contribution in [0.15, 0.2) is 18.2 Å². The Hall–Kier alpha value is -0.960. The summed E-state index contributed by atoms with van der Waals surface area (Å²) in [4.78, 5) is 0. The van der Waals surface area contributed by atoms with Crippen LogP contribution in [0.5, 0.6) is 0 Å². The van der Waals surface area contributed by atoms with Gasteiger partial charge in [-0.3, -0.25) is 0 Å². The summed E-state index contributed by atoms with van der Waals surface area (Å²) in [6, 6.07) is 4.44. The van der Waals surface area contributed by atoms with E-state index >= 15 is 0 Å². The lowest BCUT2D eigenvalue weighted by molar-refractivity contribution is 0.446. The first-order chi connectivity index (χ1) is 7.60. The molecule has 0 radical (unpaired) electrons. The van der Waals surface area contributed by atoms with Gasteiger partial charge in [0.1, 0.15) is 0 Å². The fraction of sp³-hybridized carbons (Fsp3) is 0.538. The number of hydrogen-bond acceptors (Lipinski definition) is 1. The molecule has 2 atom stereocenters. The topological polar surface area (TPSA) is 12.0 Å². The monoisotopic (exact) mass is 227 g/mol. The van der Waals surface area contributed by atoms with Crippen molar-refractivity contribution in [3.05, 3.63) is 35.4 Å². The lowest BCUT2D eigenvalue weighted by Gasteiger charge is -2.23. The van der Waals surface area contributed by atoms with Crippen LogP contribution in [0, 0.1) is 11.6 Å². The van der Waals surface area contributed by atoms with Gasteiger partial charge in [-0.05, 0) is 37.1 Å². The Morgan fingerprint density at radius 3 is 2.44 bits per heavy atom. The zero-order chi connectivity index (χ0) is 12.1. The van der Waals surface area contributed by atoms with Gasteiger partial charge in [0.2, 0.25) is 0 Å². The molecule has 90 valence electrons. The van der Waals surface area contributed by atoms with Gasteiger partial charge in [-0.25, -0.2) is 8.78 Å². The Labute approximate surface area is 95.9 Å². The Bertz CT molecular complexity index is 339. The highest BCUT2D eigenvalue weighted by Gasteiger charge is 2.17. The Balaban J connectivity index is 2.85. The van der Waals surface area contributed by atoms with Crippen LogP contribution in [0.4, 0.5) is 8.78 Å². The van der Waals surface area contributed by atoms with Crippen molar-refractivity contribution in [1.82, 2.24) is 5.32 Å². The van der Waals surface area contributed by atoms with Gasteiger partial charge in [-0.1, -0.05) is 26.3 Å². The first kappa shape index (κ1) is 13.1. The SMILES string of the molecule is CCCC(NC)C(C)c1ccc(F)c(F)c1. The van der Waals surface area contributed by atoms with Crippen molar-refractivity contribution in [3.63, 3.8) is 0 Å². The largest absolute Gasteiger partial charge is 0.316 e. The molecule has 1 aromatic rings. The number of nitrogens with one attached hydrogen (secondary N) is 1. The molecule has 1 nitrogen and oxygen atoms in total. The third kappa shape index (κ3) is 3.01. The van der Waals surface area contributed by atoms with Crippen LogP contribution in [0.1, 0.15) is 38.2 Å². The molecule has 1 N–H and O–H groups in total. The summed E-state index contributed by atoms with van der Waals surface area (Å²) in [5.41, 5.74) is 0.840. The summed E-state index contributed by atoms with van der Waals surface area (Å²) in [6.07, 6.45) is 2.09. The van der Waals surface area contributed by atoms with Crippen LogP contribution in [-0.4, -0.2) is 13.1 Å². The van der Waals surface area contributed by atoms with E-state index in [2.05, 4.69) is 12.2 Å². The second-order valence-electron chi connectivity index (χ2n) is 4.15. The van der Waals surface area contributed by atoms with Crippen LogP contribution < -0.4 is 5.32 Å². The maximum absolute atomic E-state index is 13.1. The molecule has 0 aliphatic heterocycles. The van der Waals surface area contributed by atoms with Gasteiger partial charge in [-0.15, -0.1) is 0 Å². The molecule has 16 heavy (non-hydrogen) atoms. The van der Waals surface area contributed by atoms with E-state index < -0.39 is 11.6 Å². The summed E-state index contributed by atoms with van der Waals surface area (Å²) in [5.74, 6) is -1.37. The standard InChI is InChI=1S/C13H19F2N/c1-4-5-13(16-3)9(2)10-6-7-11(14)12(15)8-10/h6-9,13,16H,4-5H2,1-3H3. The minimum atomic E-state index is -0.785. The quantitative estimate of drug-likeness (QED) is 0.812. The molecule has 0 aromatic heterocycles. The molecule has 0 spiro atoms. The first-order valence-corrected chi connectivity index (χ1v) is 5.72. The average molecular weight is 227 g/mol. The maximum atomic E-state index is 13.1. The molecule has 0 aliphatic rings. The number of hydrogen-bond donors (Lipinski definition) is 1. The van der Waals surface area contributed by atoms with Crippen molar-refractivity contribution < 1.29 is 8.78 Å². The van der Waals surface area contributed by atoms with Crippen molar-refractivity contribution in [3.8, 4) is 0 Å². The molecule has 0 fully saturated rings. The van der Waals surface area contributed by atoms with Crippen molar-refractivity contribution >= 4 is 0 Å². The second-order valence-corrected chi connectivity index (χ2v) is 4.15. The smallest absolute Gasteiger partial charge is 0.159 e. The summed E-state index contributed by atoms with van der Waals surface area (Å²) in [5, 5.41) is 3.22. The van der Waals surface area contributed by atoms with Crippen LogP contribution in [0.3, 0.4) is 0 Å². The van der Waals surface area contributed by atoms with Gasteiger partial charge in [0, 0.05) is 6.04 Å². The fourth-order valence-electron chi connectivity index (χ4n) is 1.98. The fourth-order valence-corrected chi connectivity index (χ4v) is 1.98. The lowest BCUT2D eigenvalue weighted by Crippen LogP contribution is -2.30. The van der Waals surface area contributed by atoms with E-state index in [1.807, 2.05) is 14.0 Å². The molecule has 0 amide bonds. The Kier molecular flexibility index (Phi) is 4.87. The molecule has 0 aliphatic carbocycles. The van der Waals surface area contributed by atoms with Gasteiger partial charge in [-0.2, -0.15) is 0 Å². The van der Waals surface area contributed by atoms with Crippen molar-refractivity contribution in [2.75, 3.05) is 7.05 Å². The average Bonchev–Trinajstić information content (AvgIpc) is 2.28. The van der Waals surface area contributed by atoms with Crippen molar-refractivity contribution in [2.45, 2.75) is 38.6 Å². The van der Waals surface area contributed by atoms with Gasteiger partial charge >= 0.3 is 0 Å². The minimum absolute atomic E-state index is 0.181. The van der Waals surface area contributed by atoms with Gasteiger partial charge in [0.05, 0.1) is 0 Å². The first-order valence-electron chi connectivity index (χ1n) is 5.72. The number of benzene rings is 1. The van der Waals surface area contributed by atoms with Gasteiger partial charge in [0.25, 0.3) is 0 Å². The van der Waals surface area contributed by atoms with Crippen LogP contribution in [-0.2, 0) is 0 Å². The normalized spacial score (nSPS) is 14.8. The van der Waals surface area contributed by atoms with Gasteiger partial charge < -0.3 is 5.32 Å². The summed E-state index contributed by atoms with van der Waals surface area (Å²) >= 11 is 0. The maximum Gasteiger partial charge on any atom is 0.159 e.